The zero-order valence-corrected chi connectivity index (χ0v) is 17.4. The van der Waals surface area contributed by atoms with Gasteiger partial charge >= 0.3 is 0 Å². The van der Waals surface area contributed by atoms with Gasteiger partial charge in [-0.05, 0) is 13.3 Å². The average molecular weight is 468 g/mol. The molecule has 0 aliphatic carbocycles. The highest BCUT2D eigenvalue weighted by Crippen LogP contribution is 2.42. The van der Waals surface area contributed by atoms with E-state index in [9.17, 15) is 40.9 Å². The summed E-state index contributed by atoms with van der Waals surface area (Å²) in [4.78, 5) is 0. The van der Waals surface area contributed by atoms with Crippen LogP contribution in [0.1, 0.15) is 13.3 Å². The number of fused-ring (bicyclic) bond motifs is 2. The maximum absolute atomic E-state index is 10.7. The zero-order chi connectivity index (χ0) is 23.3. The quantitative estimate of drug-likeness (QED) is 0.195. The second kappa shape index (κ2) is 9.62. The van der Waals surface area contributed by atoms with Crippen LogP contribution in [0, 0.1) is 5.92 Å². The number of aliphatic hydroxyl groups excluding tert-OH is 8. The molecule has 0 radical (unpaired) electrons. The SMILES string of the molecule is CC1O[C@H]2OC3C(C[C@H]2C(O)C1O)O[C@H](CO)[C@H](O)[C@@H]3O[C@H]1O[C@H](CO)[C@H](O)[C@H](O)C1O. The van der Waals surface area contributed by atoms with Crippen molar-refractivity contribution in [3.63, 3.8) is 0 Å². The second-order valence-corrected chi connectivity index (χ2v) is 8.88. The predicted molar refractivity (Wildman–Crippen MR) is 99.7 cm³/mol. The Kier molecular flexibility index (Phi) is 7.39. The van der Waals surface area contributed by atoms with E-state index in [0.717, 1.165) is 0 Å². The Morgan fingerprint density at radius 1 is 0.719 bits per heavy atom. The number of hydrogen-bond donors (Lipinski definition) is 8. The van der Waals surface area contributed by atoms with E-state index in [1.54, 1.807) is 6.92 Å². The molecule has 32 heavy (non-hydrogen) atoms. The monoisotopic (exact) mass is 468 g/mol. The Morgan fingerprint density at radius 2 is 1.38 bits per heavy atom. The molecule has 0 aromatic heterocycles. The summed E-state index contributed by atoms with van der Waals surface area (Å²) < 4.78 is 28.5. The van der Waals surface area contributed by atoms with Crippen molar-refractivity contribution in [1.29, 1.82) is 0 Å². The highest BCUT2D eigenvalue weighted by molar-refractivity contribution is 5.02. The summed E-state index contributed by atoms with van der Waals surface area (Å²) in [5, 5.41) is 80.7. The van der Waals surface area contributed by atoms with Gasteiger partial charge in [0.15, 0.2) is 12.6 Å². The summed E-state index contributed by atoms with van der Waals surface area (Å²) in [6.07, 6.45) is -17.0. The van der Waals surface area contributed by atoms with E-state index >= 15 is 0 Å². The number of rotatable bonds is 4. The Labute approximate surface area is 183 Å². The summed E-state index contributed by atoms with van der Waals surface area (Å²) in [7, 11) is 0. The minimum atomic E-state index is -1.70. The number of aliphatic hydroxyl groups is 8. The van der Waals surface area contributed by atoms with Gasteiger partial charge in [-0.15, -0.1) is 0 Å². The third-order valence-corrected chi connectivity index (χ3v) is 6.84. The van der Waals surface area contributed by atoms with E-state index in [1.807, 2.05) is 0 Å². The normalized spacial score (nSPS) is 56.3. The predicted octanol–water partition coefficient (Wildman–Crippen LogP) is -4.84. The van der Waals surface area contributed by atoms with Crippen molar-refractivity contribution in [2.24, 2.45) is 5.92 Å². The standard InChI is InChI=1S/C19H32O13/c1-5-10(22)11(23)6-2-7-16(31-18(6)28-5)17(13(25)9(4-21)29-7)32-19-15(27)14(26)12(24)8(3-20)30-19/h5-27H,2-4H2,1H3/t5?,6-,7?,8+,9+,10?,11?,12-,13-,14-,15?,16?,17-,18-,19+/m0/s1. The van der Waals surface area contributed by atoms with E-state index in [2.05, 4.69) is 0 Å². The summed E-state index contributed by atoms with van der Waals surface area (Å²) in [6.45, 7) is 0.361. The van der Waals surface area contributed by atoms with Crippen LogP contribution in [0.2, 0.25) is 0 Å². The molecule has 4 heterocycles. The van der Waals surface area contributed by atoms with Crippen LogP contribution in [-0.2, 0) is 23.7 Å². The van der Waals surface area contributed by atoms with Gasteiger partial charge in [-0.25, -0.2) is 0 Å². The molecule has 13 heteroatoms. The molecule has 0 bridgehead atoms. The highest BCUT2D eigenvalue weighted by Gasteiger charge is 2.57. The Bertz CT molecular complexity index is 636. The lowest BCUT2D eigenvalue weighted by Crippen LogP contribution is -2.69. The molecule has 4 rings (SSSR count). The molecule has 4 aliphatic rings. The first-order valence-electron chi connectivity index (χ1n) is 10.7. The largest absolute Gasteiger partial charge is 0.394 e. The van der Waals surface area contributed by atoms with Crippen molar-refractivity contribution in [3.8, 4) is 0 Å². The van der Waals surface area contributed by atoms with Gasteiger partial charge in [-0.2, -0.15) is 0 Å². The van der Waals surface area contributed by atoms with Crippen molar-refractivity contribution in [2.45, 2.75) is 99.2 Å². The number of hydrogen-bond acceptors (Lipinski definition) is 13. The molecular formula is C19H32O13. The smallest absolute Gasteiger partial charge is 0.187 e. The summed E-state index contributed by atoms with van der Waals surface area (Å²) in [5.41, 5.74) is 0. The third-order valence-electron chi connectivity index (χ3n) is 6.84. The molecular weight excluding hydrogens is 436 g/mol. The fourth-order valence-corrected chi connectivity index (χ4v) is 4.89. The molecule has 186 valence electrons. The number of ether oxygens (including phenoxy) is 5. The first-order chi connectivity index (χ1) is 15.2. The van der Waals surface area contributed by atoms with Crippen LogP contribution < -0.4 is 0 Å². The minimum Gasteiger partial charge on any atom is -0.394 e. The maximum atomic E-state index is 10.7. The van der Waals surface area contributed by atoms with Crippen molar-refractivity contribution < 1.29 is 64.5 Å². The molecule has 6 unspecified atom stereocenters. The Morgan fingerprint density at radius 3 is 2.03 bits per heavy atom. The van der Waals surface area contributed by atoms with Crippen LogP contribution in [-0.4, -0.2) is 140 Å². The van der Waals surface area contributed by atoms with Crippen LogP contribution in [0.4, 0.5) is 0 Å². The lowest BCUT2D eigenvalue weighted by molar-refractivity contribution is -0.384. The van der Waals surface area contributed by atoms with Crippen molar-refractivity contribution in [3.05, 3.63) is 0 Å². The lowest BCUT2D eigenvalue weighted by Gasteiger charge is -2.54. The van der Waals surface area contributed by atoms with E-state index in [-0.39, 0.29) is 6.42 Å². The Balaban J connectivity index is 1.55. The molecule has 0 saturated carbocycles. The minimum absolute atomic E-state index is 0.165. The van der Waals surface area contributed by atoms with Gasteiger partial charge in [0, 0.05) is 5.92 Å². The second-order valence-electron chi connectivity index (χ2n) is 8.88. The van der Waals surface area contributed by atoms with Crippen molar-refractivity contribution in [1.82, 2.24) is 0 Å². The molecule has 15 atom stereocenters. The average Bonchev–Trinajstić information content (AvgIpc) is 2.78. The van der Waals surface area contributed by atoms with E-state index in [0.29, 0.717) is 0 Å². The summed E-state index contributed by atoms with van der Waals surface area (Å²) >= 11 is 0. The molecule has 0 spiro atoms. The van der Waals surface area contributed by atoms with Gasteiger partial charge in [-0.3, -0.25) is 0 Å². The summed E-state index contributed by atoms with van der Waals surface area (Å²) in [5.74, 6) is -0.634. The van der Waals surface area contributed by atoms with E-state index < -0.39 is 105 Å². The molecule has 4 aliphatic heterocycles. The van der Waals surface area contributed by atoms with Crippen molar-refractivity contribution in [2.75, 3.05) is 13.2 Å². The van der Waals surface area contributed by atoms with Gasteiger partial charge in [0.05, 0.1) is 31.5 Å². The van der Waals surface area contributed by atoms with Crippen LogP contribution in [0.25, 0.3) is 0 Å². The van der Waals surface area contributed by atoms with Gasteiger partial charge < -0.3 is 64.5 Å². The fraction of sp³-hybridized carbons (Fsp3) is 1.00. The molecule has 4 saturated heterocycles. The Hall–Kier alpha value is -0.520. The fourth-order valence-electron chi connectivity index (χ4n) is 4.89. The highest BCUT2D eigenvalue weighted by atomic mass is 16.7. The van der Waals surface area contributed by atoms with Crippen LogP contribution in [0.5, 0.6) is 0 Å². The first kappa shape index (κ1) is 24.6. The van der Waals surface area contributed by atoms with Crippen LogP contribution >= 0.6 is 0 Å². The van der Waals surface area contributed by atoms with Gasteiger partial charge in [0.25, 0.3) is 0 Å². The van der Waals surface area contributed by atoms with Crippen molar-refractivity contribution >= 4 is 0 Å². The van der Waals surface area contributed by atoms with Crippen LogP contribution in [0.15, 0.2) is 0 Å². The molecule has 13 nitrogen and oxygen atoms in total. The third kappa shape index (κ3) is 4.20. The lowest BCUT2D eigenvalue weighted by atomic mass is 9.80. The zero-order valence-electron chi connectivity index (χ0n) is 17.4. The maximum Gasteiger partial charge on any atom is 0.187 e. The molecule has 0 aromatic rings. The molecule has 0 amide bonds. The van der Waals surface area contributed by atoms with E-state index in [4.69, 9.17) is 23.7 Å². The van der Waals surface area contributed by atoms with Gasteiger partial charge in [0.1, 0.15) is 54.9 Å². The molecule has 4 fully saturated rings. The van der Waals surface area contributed by atoms with Gasteiger partial charge in [-0.1, -0.05) is 0 Å². The van der Waals surface area contributed by atoms with E-state index in [1.165, 1.54) is 0 Å². The molecule has 8 N–H and O–H groups in total. The van der Waals surface area contributed by atoms with Gasteiger partial charge in [0.2, 0.25) is 0 Å². The molecule has 0 aromatic carbocycles. The van der Waals surface area contributed by atoms with Crippen LogP contribution in [0.3, 0.4) is 0 Å². The first-order valence-corrected chi connectivity index (χ1v) is 10.7. The topological polar surface area (TPSA) is 208 Å². The summed E-state index contributed by atoms with van der Waals surface area (Å²) in [6, 6.07) is 0.